The number of carbonyl (C=O) groups excluding carboxylic acids is 1. The van der Waals surface area contributed by atoms with Crippen molar-refractivity contribution in [1.82, 2.24) is 4.31 Å². The van der Waals surface area contributed by atoms with Gasteiger partial charge < -0.3 is 19.3 Å². The van der Waals surface area contributed by atoms with E-state index in [9.17, 15) is 18.3 Å². The quantitative estimate of drug-likeness (QED) is 0.478. The maximum absolute atomic E-state index is 13.9. The molecule has 9 heteroatoms. The number of benzene rings is 2. The maximum atomic E-state index is 13.9. The van der Waals surface area contributed by atoms with Crippen LogP contribution in [0.4, 0.5) is 0 Å². The molecule has 3 heterocycles. The topological polar surface area (TPSA) is 102 Å². The second kappa shape index (κ2) is 13.1. The van der Waals surface area contributed by atoms with Gasteiger partial charge >= 0.3 is 5.97 Å². The zero-order chi connectivity index (χ0) is 28.1. The van der Waals surface area contributed by atoms with Gasteiger partial charge in [0, 0.05) is 19.0 Å². The van der Waals surface area contributed by atoms with Gasteiger partial charge in [-0.2, -0.15) is 4.31 Å². The zero-order valence-electron chi connectivity index (χ0n) is 23.2. The predicted octanol–water partition coefficient (Wildman–Crippen LogP) is 4.02. The molecule has 0 radical (unpaired) electrons. The van der Waals surface area contributed by atoms with Gasteiger partial charge in [-0.3, -0.25) is 4.79 Å². The summed E-state index contributed by atoms with van der Waals surface area (Å²) in [7, 11) is -3.83. The Balaban J connectivity index is 1.34. The lowest BCUT2D eigenvalue weighted by molar-refractivity contribution is -0.153. The average Bonchev–Trinajstić information content (AvgIpc) is 3.55. The van der Waals surface area contributed by atoms with Crippen LogP contribution in [0.25, 0.3) is 0 Å². The van der Waals surface area contributed by atoms with Crippen LogP contribution < -0.4 is 0 Å². The number of aryl methyl sites for hydroxylation is 2. The number of rotatable bonds is 8. The second-order valence-electron chi connectivity index (χ2n) is 11.4. The van der Waals surface area contributed by atoms with Crippen LogP contribution in [-0.2, 0) is 41.9 Å². The number of esters is 1. The minimum Gasteiger partial charge on any atom is -0.459 e. The van der Waals surface area contributed by atoms with Crippen molar-refractivity contribution in [2.75, 3.05) is 26.3 Å². The van der Waals surface area contributed by atoms with Gasteiger partial charge in [-0.25, -0.2) is 8.42 Å². The van der Waals surface area contributed by atoms with Crippen LogP contribution in [0.15, 0.2) is 53.4 Å². The lowest BCUT2D eigenvalue weighted by atomic mass is 9.90. The van der Waals surface area contributed by atoms with Crippen LogP contribution in [0.3, 0.4) is 0 Å². The molecule has 8 nitrogen and oxygen atoms in total. The molecule has 218 valence electrons. The third kappa shape index (κ3) is 6.94. The van der Waals surface area contributed by atoms with Gasteiger partial charge in [0.25, 0.3) is 0 Å². The van der Waals surface area contributed by atoms with E-state index in [2.05, 4.69) is 0 Å². The Morgan fingerprint density at radius 1 is 1.10 bits per heavy atom. The smallest absolute Gasteiger partial charge is 0.306 e. The predicted molar refractivity (Wildman–Crippen MR) is 150 cm³/mol. The van der Waals surface area contributed by atoms with E-state index in [1.807, 2.05) is 49.4 Å². The number of aliphatic hydroxyl groups excluding tert-OH is 1. The Morgan fingerprint density at radius 2 is 1.90 bits per heavy atom. The molecule has 2 saturated heterocycles. The molecule has 1 N–H and O–H groups in total. The van der Waals surface area contributed by atoms with E-state index >= 15 is 0 Å². The molecular weight excluding hydrogens is 530 g/mol. The van der Waals surface area contributed by atoms with Gasteiger partial charge in [0.2, 0.25) is 10.0 Å². The number of sulfonamides is 1. The van der Waals surface area contributed by atoms with Crippen LogP contribution in [0.2, 0.25) is 0 Å². The van der Waals surface area contributed by atoms with E-state index in [0.717, 1.165) is 48.8 Å². The monoisotopic (exact) mass is 571 g/mol. The molecular formula is C31H41NO7S. The molecule has 2 unspecified atom stereocenters. The van der Waals surface area contributed by atoms with Crippen molar-refractivity contribution in [2.45, 2.75) is 81.7 Å². The number of hydrogen-bond acceptors (Lipinski definition) is 7. The van der Waals surface area contributed by atoms with Gasteiger partial charge in [-0.15, -0.1) is 0 Å². The summed E-state index contributed by atoms with van der Waals surface area (Å²) in [6, 6.07) is 15.2. The fraction of sp³-hybridized carbons (Fsp3) is 0.581. The summed E-state index contributed by atoms with van der Waals surface area (Å²) in [6.45, 7) is 3.12. The van der Waals surface area contributed by atoms with Gasteiger partial charge in [0.1, 0.15) is 6.10 Å². The van der Waals surface area contributed by atoms with Crippen LogP contribution in [-0.4, -0.2) is 68.6 Å². The summed E-state index contributed by atoms with van der Waals surface area (Å²) in [5, 5.41) is 11.5. The molecule has 0 aliphatic carbocycles. The fourth-order valence-corrected chi connectivity index (χ4v) is 7.89. The Kier molecular flexibility index (Phi) is 9.58. The number of nitrogens with zero attached hydrogens (tertiary/aromatic N) is 1. The Hall–Kier alpha value is -2.30. The van der Waals surface area contributed by atoms with E-state index < -0.39 is 28.0 Å². The second-order valence-corrected chi connectivity index (χ2v) is 13.3. The van der Waals surface area contributed by atoms with Gasteiger partial charge in [-0.05, 0) is 56.2 Å². The molecule has 0 saturated carbocycles. The van der Waals surface area contributed by atoms with Crippen molar-refractivity contribution in [2.24, 2.45) is 11.8 Å². The van der Waals surface area contributed by atoms with Crippen molar-refractivity contribution < 1.29 is 32.5 Å². The van der Waals surface area contributed by atoms with Crippen LogP contribution in [0.5, 0.6) is 0 Å². The average molecular weight is 572 g/mol. The van der Waals surface area contributed by atoms with E-state index in [0.29, 0.717) is 37.5 Å². The summed E-state index contributed by atoms with van der Waals surface area (Å²) in [5.74, 6) is -0.897. The number of aliphatic hydroxyl groups is 1. The summed E-state index contributed by atoms with van der Waals surface area (Å²) < 4.78 is 46.2. The van der Waals surface area contributed by atoms with Gasteiger partial charge in [0.05, 0.1) is 36.6 Å². The third-order valence-electron chi connectivity index (χ3n) is 8.41. The Labute approximate surface area is 237 Å². The number of carbonyl (C=O) groups is 1. The zero-order valence-corrected chi connectivity index (χ0v) is 24.1. The van der Waals surface area contributed by atoms with Crippen molar-refractivity contribution in [1.29, 1.82) is 0 Å². The molecule has 5 atom stereocenters. The minimum atomic E-state index is -3.83. The molecule has 40 heavy (non-hydrogen) atoms. The molecule has 3 aliphatic heterocycles. The Bertz CT molecular complexity index is 1250. The first-order valence-corrected chi connectivity index (χ1v) is 16.0. The molecule has 0 bridgehead atoms. The lowest BCUT2D eigenvalue weighted by Gasteiger charge is -2.30. The number of hydrogen-bond donors (Lipinski definition) is 1. The molecule has 2 aromatic carbocycles. The molecule has 5 rings (SSSR count). The maximum Gasteiger partial charge on any atom is 0.306 e. The highest BCUT2D eigenvalue weighted by Crippen LogP contribution is 2.34. The Morgan fingerprint density at radius 3 is 2.73 bits per heavy atom. The molecule has 2 aromatic rings. The van der Waals surface area contributed by atoms with Gasteiger partial charge in [0.15, 0.2) is 6.29 Å². The standard InChI is InChI=1S/C31H41NO7S/c1-22-12-13-29-24(17-22)11-7-2-3-8-15-32(40(29,35)36)20-27(33)25(18-23-9-5-4-6-10-23)19-30(34)39-28-21-38-31-26(28)14-16-37-31/h4-6,9-10,12-13,17,25-28,31,33H,2-3,7-8,11,14-16,18-21H2,1H3/t25-,26?,27-,28+,31?/m1/s1. The van der Waals surface area contributed by atoms with E-state index in [1.54, 1.807) is 6.07 Å². The first-order valence-electron chi connectivity index (χ1n) is 14.6. The van der Waals surface area contributed by atoms with Gasteiger partial charge in [-0.1, -0.05) is 60.9 Å². The van der Waals surface area contributed by atoms with E-state index in [-0.39, 0.29) is 31.3 Å². The van der Waals surface area contributed by atoms with Crippen LogP contribution in [0, 0.1) is 18.8 Å². The van der Waals surface area contributed by atoms with Crippen molar-refractivity contribution in [3.63, 3.8) is 0 Å². The van der Waals surface area contributed by atoms with Crippen LogP contribution in [0.1, 0.15) is 55.2 Å². The molecule has 3 aliphatic rings. The van der Waals surface area contributed by atoms with E-state index in [1.165, 1.54) is 4.31 Å². The van der Waals surface area contributed by atoms with Crippen molar-refractivity contribution in [3.8, 4) is 0 Å². The molecule has 0 amide bonds. The number of β-amino-alcohol motifs (C(OH)–C–C–N with tert-alkyl or cyclic N) is 1. The molecule has 2 fully saturated rings. The minimum absolute atomic E-state index is 0.0194. The summed E-state index contributed by atoms with van der Waals surface area (Å²) in [4.78, 5) is 13.5. The summed E-state index contributed by atoms with van der Waals surface area (Å²) in [6.07, 6.45) is 3.81. The summed E-state index contributed by atoms with van der Waals surface area (Å²) in [5.41, 5.74) is 2.83. The summed E-state index contributed by atoms with van der Waals surface area (Å²) >= 11 is 0. The molecule has 0 aromatic heterocycles. The largest absolute Gasteiger partial charge is 0.459 e. The highest BCUT2D eigenvalue weighted by molar-refractivity contribution is 7.89. The first kappa shape index (κ1) is 29.2. The number of ether oxygens (including phenoxy) is 3. The SMILES string of the molecule is Cc1ccc2c(c1)CCCCCCN(C[C@@H](O)[C@@H](CC(=O)O[C@H]1COC3OCCC31)Cc1ccccc1)S2(=O)=O. The van der Waals surface area contributed by atoms with Crippen LogP contribution >= 0.6 is 0 Å². The molecule has 0 spiro atoms. The normalized spacial score (nSPS) is 26.4. The highest BCUT2D eigenvalue weighted by atomic mass is 32.2. The third-order valence-corrected chi connectivity index (χ3v) is 10.4. The fourth-order valence-electron chi connectivity index (χ4n) is 6.16. The van der Waals surface area contributed by atoms with Crippen molar-refractivity contribution >= 4 is 16.0 Å². The highest BCUT2D eigenvalue weighted by Gasteiger charge is 2.44. The first-order chi connectivity index (χ1) is 19.3. The number of fused-ring (bicyclic) bond motifs is 2. The lowest BCUT2D eigenvalue weighted by Crippen LogP contribution is -2.42. The van der Waals surface area contributed by atoms with Crippen molar-refractivity contribution in [3.05, 3.63) is 65.2 Å². The van der Waals surface area contributed by atoms with E-state index in [4.69, 9.17) is 14.2 Å².